The van der Waals surface area contributed by atoms with Crippen LogP contribution in [0.2, 0.25) is 18.1 Å². The van der Waals surface area contributed by atoms with E-state index in [1.165, 1.54) is 6.08 Å². The molecule has 0 aromatic heterocycles. The molecule has 0 saturated heterocycles. The Morgan fingerprint density at radius 2 is 1.85 bits per heavy atom. The van der Waals surface area contributed by atoms with E-state index >= 15 is 0 Å². The standard InChI is InChI=1S/C15H30FNO2Si/c1-11(2)8-12(9-13(16)14(17)18)10-19-20(6,7)15(3,4)5/h9,11-12H,8,10H2,1-7H3,(H2,17,18)/b13-9-/t12-/m1/s1. The second-order valence-corrected chi connectivity index (χ2v) is 12.1. The molecule has 0 aromatic carbocycles. The fourth-order valence-electron chi connectivity index (χ4n) is 1.61. The van der Waals surface area contributed by atoms with Gasteiger partial charge in [0.05, 0.1) is 0 Å². The predicted molar refractivity (Wildman–Crippen MR) is 84.5 cm³/mol. The van der Waals surface area contributed by atoms with Crippen molar-refractivity contribution in [2.24, 2.45) is 17.6 Å². The van der Waals surface area contributed by atoms with Crippen molar-refractivity contribution >= 4 is 14.2 Å². The highest BCUT2D eigenvalue weighted by molar-refractivity contribution is 6.74. The lowest BCUT2D eigenvalue weighted by atomic mass is 9.97. The van der Waals surface area contributed by atoms with Gasteiger partial charge in [-0.1, -0.05) is 34.6 Å². The van der Waals surface area contributed by atoms with E-state index in [-0.39, 0.29) is 11.0 Å². The smallest absolute Gasteiger partial charge is 0.277 e. The molecule has 0 rings (SSSR count). The zero-order valence-corrected chi connectivity index (χ0v) is 14.9. The van der Waals surface area contributed by atoms with Gasteiger partial charge in [0.2, 0.25) is 0 Å². The fourth-order valence-corrected chi connectivity index (χ4v) is 2.67. The number of nitrogens with two attached hydrogens (primary N) is 1. The summed E-state index contributed by atoms with van der Waals surface area (Å²) in [4.78, 5) is 10.8. The Morgan fingerprint density at radius 1 is 1.35 bits per heavy atom. The zero-order chi connectivity index (χ0) is 16.1. The molecule has 0 radical (unpaired) electrons. The predicted octanol–water partition coefficient (Wildman–Crippen LogP) is 4.01. The lowest BCUT2D eigenvalue weighted by Gasteiger charge is -2.37. The van der Waals surface area contributed by atoms with E-state index in [0.717, 1.165) is 6.42 Å². The highest BCUT2D eigenvalue weighted by atomic mass is 28.4. The van der Waals surface area contributed by atoms with Crippen molar-refractivity contribution in [3.8, 4) is 0 Å². The normalized spacial score (nSPS) is 15.6. The third-order valence-electron chi connectivity index (χ3n) is 3.86. The Hall–Kier alpha value is -0.683. The van der Waals surface area contributed by atoms with Gasteiger partial charge < -0.3 is 10.2 Å². The van der Waals surface area contributed by atoms with Crippen LogP contribution in [0, 0.1) is 11.8 Å². The van der Waals surface area contributed by atoms with E-state index in [0.29, 0.717) is 12.5 Å². The first-order valence-corrected chi connectivity index (χ1v) is 10.1. The number of hydrogen-bond donors (Lipinski definition) is 1. The quantitative estimate of drug-likeness (QED) is 0.570. The molecule has 0 unspecified atom stereocenters. The van der Waals surface area contributed by atoms with Crippen LogP contribution in [0.4, 0.5) is 4.39 Å². The van der Waals surface area contributed by atoms with Gasteiger partial charge in [0.25, 0.3) is 5.91 Å². The van der Waals surface area contributed by atoms with Crippen molar-refractivity contribution in [2.75, 3.05) is 6.61 Å². The summed E-state index contributed by atoms with van der Waals surface area (Å²) in [5, 5.41) is 0.112. The van der Waals surface area contributed by atoms with E-state index in [1.54, 1.807) is 0 Å². The van der Waals surface area contributed by atoms with Crippen LogP contribution in [0.15, 0.2) is 11.9 Å². The third kappa shape index (κ3) is 6.66. The summed E-state index contributed by atoms with van der Waals surface area (Å²) < 4.78 is 19.5. The highest BCUT2D eigenvalue weighted by Gasteiger charge is 2.37. The molecule has 118 valence electrons. The molecular weight excluding hydrogens is 273 g/mol. The first kappa shape index (κ1) is 19.3. The van der Waals surface area contributed by atoms with Crippen LogP contribution >= 0.6 is 0 Å². The third-order valence-corrected chi connectivity index (χ3v) is 8.36. The van der Waals surface area contributed by atoms with Gasteiger partial charge in [-0.2, -0.15) is 0 Å². The van der Waals surface area contributed by atoms with Gasteiger partial charge in [-0.05, 0) is 36.5 Å². The summed E-state index contributed by atoms with van der Waals surface area (Å²) in [6, 6.07) is 0. The fraction of sp³-hybridized carbons (Fsp3) is 0.800. The first-order valence-electron chi connectivity index (χ1n) is 7.18. The lowest BCUT2D eigenvalue weighted by molar-refractivity contribution is -0.115. The minimum Gasteiger partial charge on any atom is -0.416 e. The van der Waals surface area contributed by atoms with Gasteiger partial charge in [0.15, 0.2) is 14.1 Å². The molecule has 20 heavy (non-hydrogen) atoms. The minimum absolute atomic E-state index is 0.112. The molecule has 5 heteroatoms. The number of primary amides is 1. The van der Waals surface area contributed by atoms with Crippen LogP contribution in [0.25, 0.3) is 0 Å². The highest BCUT2D eigenvalue weighted by Crippen LogP contribution is 2.37. The second-order valence-electron chi connectivity index (χ2n) is 7.34. The first-order chi connectivity index (χ1) is 8.86. The average Bonchev–Trinajstić information content (AvgIpc) is 2.23. The van der Waals surface area contributed by atoms with E-state index in [1.807, 2.05) is 0 Å². The minimum atomic E-state index is -1.86. The molecule has 0 heterocycles. The molecule has 1 atom stereocenters. The average molecular weight is 303 g/mol. The molecular formula is C15H30FNO2Si. The maximum atomic E-state index is 13.4. The molecule has 2 N–H and O–H groups in total. The Bertz CT molecular complexity index is 359. The zero-order valence-electron chi connectivity index (χ0n) is 13.9. The number of carbonyl (C=O) groups excluding carboxylic acids is 1. The summed E-state index contributed by atoms with van der Waals surface area (Å²) in [6.45, 7) is 15.4. The van der Waals surface area contributed by atoms with Crippen molar-refractivity contribution in [1.29, 1.82) is 0 Å². The van der Waals surface area contributed by atoms with Crippen LogP contribution in [0.1, 0.15) is 41.0 Å². The number of amides is 1. The van der Waals surface area contributed by atoms with E-state index < -0.39 is 20.1 Å². The number of carbonyl (C=O) groups is 1. The van der Waals surface area contributed by atoms with Gasteiger partial charge >= 0.3 is 0 Å². The molecule has 0 aliphatic rings. The monoisotopic (exact) mass is 303 g/mol. The lowest BCUT2D eigenvalue weighted by Crippen LogP contribution is -2.42. The van der Waals surface area contributed by atoms with Gasteiger partial charge in [-0.15, -0.1) is 0 Å². The molecule has 0 fully saturated rings. The molecule has 0 aromatic rings. The molecule has 0 aliphatic heterocycles. The summed E-state index contributed by atoms with van der Waals surface area (Å²) in [5.41, 5.74) is 4.95. The maximum Gasteiger partial charge on any atom is 0.277 e. The molecule has 0 saturated carbocycles. The Balaban J connectivity index is 4.85. The molecule has 0 bridgehead atoms. The van der Waals surface area contributed by atoms with Gasteiger partial charge in [-0.25, -0.2) is 4.39 Å². The molecule has 3 nitrogen and oxygen atoms in total. The van der Waals surface area contributed by atoms with Crippen molar-refractivity contribution in [3.05, 3.63) is 11.9 Å². The Morgan fingerprint density at radius 3 is 2.20 bits per heavy atom. The van der Waals surface area contributed by atoms with Gasteiger partial charge in [-0.3, -0.25) is 4.79 Å². The van der Waals surface area contributed by atoms with Crippen molar-refractivity contribution in [3.63, 3.8) is 0 Å². The number of rotatable bonds is 7. The number of halogens is 1. The number of hydrogen-bond acceptors (Lipinski definition) is 2. The van der Waals surface area contributed by atoms with Crippen LogP contribution in [-0.4, -0.2) is 20.8 Å². The van der Waals surface area contributed by atoms with Crippen LogP contribution in [0.5, 0.6) is 0 Å². The Labute approximate surface area is 123 Å². The van der Waals surface area contributed by atoms with Gasteiger partial charge in [0.1, 0.15) is 0 Å². The topological polar surface area (TPSA) is 52.3 Å². The van der Waals surface area contributed by atoms with Crippen LogP contribution in [0.3, 0.4) is 0 Å². The van der Waals surface area contributed by atoms with Crippen molar-refractivity contribution in [1.82, 2.24) is 0 Å². The second kappa shape index (κ2) is 7.36. The Kier molecular flexibility index (Phi) is 7.11. The van der Waals surface area contributed by atoms with Crippen molar-refractivity contribution < 1.29 is 13.6 Å². The van der Waals surface area contributed by atoms with Gasteiger partial charge in [0, 0.05) is 12.5 Å². The SMILES string of the molecule is CC(C)C[C@H](/C=C(\F)C(N)=O)CO[Si](C)(C)C(C)(C)C. The van der Waals surface area contributed by atoms with Crippen LogP contribution < -0.4 is 5.73 Å². The summed E-state index contributed by atoms with van der Waals surface area (Å²) >= 11 is 0. The van der Waals surface area contributed by atoms with E-state index in [4.69, 9.17) is 10.2 Å². The largest absolute Gasteiger partial charge is 0.416 e. The van der Waals surface area contributed by atoms with Crippen LogP contribution in [-0.2, 0) is 9.22 Å². The van der Waals surface area contributed by atoms with Crippen molar-refractivity contribution in [2.45, 2.75) is 59.2 Å². The molecule has 0 aliphatic carbocycles. The summed E-state index contributed by atoms with van der Waals surface area (Å²) in [6.07, 6.45) is 2.09. The molecule has 1 amide bonds. The van der Waals surface area contributed by atoms with E-state index in [2.05, 4.69) is 47.7 Å². The maximum absolute atomic E-state index is 13.4. The van der Waals surface area contributed by atoms with E-state index in [9.17, 15) is 9.18 Å². The molecule has 0 spiro atoms. The summed E-state index contributed by atoms with van der Waals surface area (Å²) in [5.74, 6) is -1.59. The summed E-state index contributed by atoms with van der Waals surface area (Å²) in [7, 11) is -1.86.